The van der Waals surface area contributed by atoms with E-state index >= 15 is 0 Å². The molecule has 0 N–H and O–H groups in total. The zero-order valence-corrected chi connectivity index (χ0v) is 14.6. The molecule has 0 unspecified atom stereocenters. The Morgan fingerprint density at radius 3 is 2.26 bits per heavy atom. The SMILES string of the molecule is CC(C)(C)OC(=O)COCCOCS(=O)(=O)Cc1ccccc1. The summed E-state index contributed by atoms with van der Waals surface area (Å²) in [6.07, 6.45) is 0. The van der Waals surface area contributed by atoms with Crippen molar-refractivity contribution >= 4 is 15.8 Å². The van der Waals surface area contributed by atoms with Crippen molar-refractivity contribution in [2.45, 2.75) is 32.1 Å². The van der Waals surface area contributed by atoms with E-state index in [4.69, 9.17) is 14.2 Å². The first-order valence-corrected chi connectivity index (χ1v) is 9.12. The fourth-order valence-corrected chi connectivity index (χ4v) is 2.86. The Morgan fingerprint density at radius 2 is 1.65 bits per heavy atom. The molecule has 0 aliphatic rings. The van der Waals surface area contributed by atoms with E-state index in [2.05, 4.69) is 0 Å². The summed E-state index contributed by atoms with van der Waals surface area (Å²) in [6.45, 7) is 5.34. The summed E-state index contributed by atoms with van der Waals surface area (Å²) in [5.41, 5.74) is 0.167. The van der Waals surface area contributed by atoms with E-state index in [1.165, 1.54) is 0 Å². The van der Waals surface area contributed by atoms with Crippen molar-refractivity contribution in [1.82, 2.24) is 0 Å². The van der Waals surface area contributed by atoms with Crippen molar-refractivity contribution in [3.63, 3.8) is 0 Å². The highest BCUT2D eigenvalue weighted by Gasteiger charge is 2.16. The number of carbonyl (C=O) groups is 1. The molecule has 1 aromatic rings. The van der Waals surface area contributed by atoms with Gasteiger partial charge in [-0.25, -0.2) is 13.2 Å². The molecule has 0 atom stereocenters. The molecule has 1 rings (SSSR count). The first kappa shape index (κ1) is 19.6. The monoisotopic (exact) mass is 344 g/mol. The van der Waals surface area contributed by atoms with Gasteiger partial charge in [0.25, 0.3) is 0 Å². The van der Waals surface area contributed by atoms with Gasteiger partial charge in [-0.05, 0) is 26.3 Å². The van der Waals surface area contributed by atoms with Gasteiger partial charge in [0.2, 0.25) is 0 Å². The highest BCUT2D eigenvalue weighted by Crippen LogP contribution is 2.07. The second-order valence-electron chi connectivity index (χ2n) is 6.04. The maximum atomic E-state index is 11.9. The first-order valence-electron chi connectivity index (χ1n) is 7.30. The number of benzene rings is 1. The lowest BCUT2D eigenvalue weighted by molar-refractivity contribution is -0.160. The number of hydrogen-bond donors (Lipinski definition) is 0. The Labute approximate surface area is 137 Å². The number of ether oxygens (including phenoxy) is 3. The maximum absolute atomic E-state index is 11.9. The minimum Gasteiger partial charge on any atom is -0.458 e. The van der Waals surface area contributed by atoms with Crippen LogP contribution in [0, 0.1) is 0 Å². The third kappa shape index (κ3) is 10.0. The van der Waals surface area contributed by atoms with Gasteiger partial charge in [0.15, 0.2) is 9.84 Å². The average Bonchev–Trinajstić information content (AvgIpc) is 2.41. The predicted molar refractivity (Wildman–Crippen MR) is 86.5 cm³/mol. The Balaban J connectivity index is 2.16. The van der Waals surface area contributed by atoms with Gasteiger partial charge in [-0.2, -0.15) is 0 Å². The van der Waals surface area contributed by atoms with Crippen LogP contribution < -0.4 is 0 Å². The topological polar surface area (TPSA) is 78.9 Å². The molecule has 7 heteroatoms. The Kier molecular flexibility index (Phi) is 7.67. The minimum atomic E-state index is -3.33. The van der Waals surface area contributed by atoms with Crippen LogP contribution in [-0.4, -0.2) is 45.7 Å². The van der Waals surface area contributed by atoms with E-state index in [1.54, 1.807) is 45.0 Å². The summed E-state index contributed by atoms with van der Waals surface area (Å²) in [5, 5.41) is 0. The molecule has 0 heterocycles. The van der Waals surface area contributed by atoms with Gasteiger partial charge in [-0.3, -0.25) is 0 Å². The van der Waals surface area contributed by atoms with Crippen LogP contribution in [0.2, 0.25) is 0 Å². The summed E-state index contributed by atoms with van der Waals surface area (Å²) in [7, 11) is -3.33. The Bertz CT molecular complexity index is 574. The summed E-state index contributed by atoms with van der Waals surface area (Å²) in [4.78, 5) is 11.4. The van der Waals surface area contributed by atoms with Crippen LogP contribution in [0.5, 0.6) is 0 Å². The highest BCUT2D eigenvalue weighted by atomic mass is 32.2. The number of carbonyl (C=O) groups excluding carboxylic acids is 1. The summed E-state index contributed by atoms with van der Waals surface area (Å²) in [5.74, 6) is -0.904. The third-order valence-electron chi connectivity index (χ3n) is 2.50. The molecule has 0 radical (unpaired) electrons. The van der Waals surface area contributed by atoms with Crippen molar-refractivity contribution in [1.29, 1.82) is 0 Å². The van der Waals surface area contributed by atoms with Crippen molar-refractivity contribution in [3.05, 3.63) is 35.9 Å². The van der Waals surface area contributed by atoms with Crippen LogP contribution in [0.15, 0.2) is 30.3 Å². The maximum Gasteiger partial charge on any atom is 0.332 e. The van der Waals surface area contributed by atoms with Crippen LogP contribution in [0.25, 0.3) is 0 Å². The summed E-state index contributed by atoms with van der Waals surface area (Å²) >= 11 is 0. The lowest BCUT2D eigenvalue weighted by Crippen LogP contribution is -2.27. The molecule has 130 valence electrons. The van der Waals surface area contributed by atoms with Gasteiger partial charge < -0.3 is 14.2 Å². The van der Waals surface area contributed by atoms with E-state index < -0.39 is 21.4 Å². The lowest BCUT2D eigenvalue weighted by atomic mass is 10.2. The van der Waals surface area contributed by atoms with Crippen LogP contribution in [-0.2, 0) is 34.6 Å². The fourth-order valence-electron chi connectivity index (χ4n) is 1.70. The molecule has 6 nitrogen and oxygen atoms in total. The van der Waals surface area contributed by atoms with Crippen LogP contribution in [0.3, 0.4) is 0 Å². The molecule has 0 fully saturated rings. The smallest absolute Gasteiger partial charge is 0.332 e. The van der Waals surface area contributed by atoms with Crippen LogP contribution in [0.1, 0.15) is 26.3 Å². The van der Waals surface area contributed by atoms with Gasteiger partial charge in [-0.1, -0.05) is 30.3 Å². The lowest BCUT2D eigenvalue weighted by Gasteiger charge is -2.19. The molecule has 0 aliphatic heterocycles. The van der Waals surface area contributed by atoms with E-state index in [9.17, 15) is 13.2 Å². The molecule has 0 saturated carbocycles. The highest BCUT2D eigenvalue weighted by molar-refractivity contribution is 7.90. The van der Waals surface area contributed by atoms with Gasteiger partial charge in [0.05, 0.1) is 19.0 Å². The molecule has 0 spiro atoms. The average molecular weight is 344 g/mol. The Hall–Kier alpha value is -1.44. The first-order chi connectivity index (χ1) is 10.7. The molecule has 0 aromatic heterocycles. The standard InChI is InChI=1S/C16H24O6S/c1-16(2,3)22-15(17)11-20-9-10-21-13-23(18,19)12-14-7-5-4-6-8-14/h4-8H,9-13H2,1-3H3. The number of rotatable bonds is 9. The van der Waals surface area contributed by atoms with Gasteiger partial charge in [0.1, 0.15) is 18.1 Å². The van der Waals surface area contributed by atoms with Gasteiger partial charge >= 0.3 is 5.97 Å². The Morgan fingerprint density at radius 1 is 1.04 bits per heavy atom. The zero-order chi connectivity index (χ0) is 17.3. The minimum absolute atomic E-state index is 0.0629. The van der Waals surface area contributed by atoms with Crippen molar-refractivity contribution in [3.8, 4) is 0 Å². The number of hydrogen-bond acceptors (Lipinski definition) is 6. The van der Waals surface area contributed by atoms with Crippen LogP contribution >= 0.6 is 0 Å². The fraction of sp³-hybridized carbons (Fsp3) is 0.562. The van der Waals surface area contributed by atoms with Crippen molar-refractivity contribution < 1.29 is 27.4 Å². The number of esters is 1. The molecular formula is C16H24O6S. The van der Waals surface area contributed by atoms with E-state index in [1.807, 2.05) is 6.07 Å². The predicted octanol–water partition coefficient (Wildman–Crippen LogP) is 1.93. The van der Waals surface area contributed by atoms with Crippen molar-refractivity contribution in [2.24, 2.45) is 0 Å². The molecule has 0 saturated heterocycles. The summed E-state index contributed by atoms with van der Waals surface area (Å²) in [6, 6.07) is 8.91. The van der Waals surface area contributed by atoms with E-state index in [0.29, 0.717) is 0 Å². The molecule has 0 amide bonds. The molecule has 1 aromatic carbocycles. The molecule has 0 bridgehead atoms. The van der Waals surface area contributed by atoms with Crippen molar-refractivity contribution in [2.75, 3.05) is 25.8 Å². The van der Waals surface area contributed by atoms with Gasteiger partial charge in [0, 0.05) is 0 Å². The zero-order valence-electron chi connectivity index (χ0n) is 13.8. The van der Waals surface area contributed by atoms with Crippen LogP contribution in [0.4, 0.5) is 0 Å². The second kappa shape index (κ2) is 9.00. The molecule has 23 heavy (non-hydrogen) atoms. The third-order valence-corrected chi connectivity index (χ3v) is 3.80. The second-order valence-corrected chi connectivity index (χ2v) is 8.05. The van der Waals surface area contributed by atoms with E-state index in [-0.39, 0.29) is 31.5 Å². The molecular weight excluding hydrogens is 320 g/mol. The quantitative estimate of drug-likeness (QED) is 0.503. The summed E-state index contributed by atoms with van der Waals surface area (Å²) < 4.78 is 38.9. The number of sulfone groups is 1. The normalized spacial score (nSPS) is 12.1. The largest absolute Gasteiger partial charge is 0.458 e. The molecule has 0 aliphatic carbocycles. The van der Waals surface area contributed by atoms with E-state index in [0.717, 1.165) is 5.56 Å². The van der Waals surface area contributed by atoms with Gasteiger partial charge in [-0.15, -0.1) is 0 Å².